The number of hydrogen-bond acceptors (Lipinski definition) is 4. The minimum atomic E-state index is -0.739. The third-order valence-electron chi connectivity index (χ3n) is 4.64. The molecule has 0 spiro atoms. The van der Waals surface area contributed by atoms with E-state index < -0.39 is 12.0 Å². The summed E-state index contributed by atoms with van der Waals surface area (Å²) in [4.78, 5) is 39.0. The van der Waals surface area contributed by atoms with Crippen molar-refractivity contribution in [1.29, 1.82) is 0 Å². The zero-order chi connectivity index (χ0) is 19.2. The van der Waals surface area contributed by atoms with E-state index in [1.54, 1.807) is 17.0 Å². The fraction of sp³-hybridized carbons (Fsp3) is 0.286. The highest BCUT2D eigenvalue weighted by Gasteiger charge is 2.29. The molecule has 0 radical (unpaired) electrons. The van der Waals surface area contributed by atoms with E-state index in [0.29, 0.717) is 24.2 Å². The van der Waals surface area contributed by atoms with Crippen molar-refractivity contribution in [2.45, 2.75) is 18.9 Å². The first-order valence-electron chi connectivity index (χ1n) is 8.93. The average molecular weight is 366 g/mol. The number of rotatable bonds is 5. The summed E-state index contributed by atoms with van der Waals surface area (Å²) >= 11 is 0. The monoisotopic (exact) mass is 366 g/mol. The Bertz CT molecular complexity index is 812. The van der Waals surface area contributed by atoms with Crippen molar-refractivity contribution < 1.29 is 19.1 Å². The number of nitrogens with zero attached hydrogens (tertiary/aromatic N) is 1. The Morgan fingerprint density at radius 1 is 0.926 bits per heavy atom. The molecular weight excluding hydrogens is 344 g/mol. The Morgan fingerprint density at radius 2 is 1.52 bits per heavy atom. The van der Waals surface area contributed by atoms with E-state index in [1.165, 1.54) is 19.2 Å². The third kappa shape index (κ3) is 4.34. The van der Waals surface area contributed by atoms with Crippen LogP contribution in [0.2, 0.25) is 0 Å². The van der Waals surface area contributed by atoms with Crippen molar-refractivity contribution >= 4 is 17.8 Å². The van der Waals surface area contributed by atoms with Crippen molar-refractivity contribution in [2.75, 3.05) is 20.2 Å². The lowest BCUT2D eigenvalue weighted by molar-refractivity contribution is -0.132. The molecule has 0 bridgehead atoms. The molecule has 1 aliphatic rings. The molecule has 27 heavy (non-hydrogen) atoms. The van der Waals surface area contributed by atoms with E-state index in [0.717, 1.165) is 18.4 Å². The van der Waals surface area contributed by atoms with E-state index in [4.69, 9.17) is 0 Å². The standard InChI is InChI=1S/C21H22N2O4/c1-27-21(26)17-11-9-16(10-12-17)19(24)22-18(15-7-3-2-4-8-15)20(25)23-13-5-6-14-23/h2-4,7-12,18H,5-6,13-14H2,1H3,(H,22,24)/t18-/m1/s1. The van der Waals surface area contributed by atoms with E-state index in [9.17, 15) is 14.4 Å². The number of carbonyl (C=O) groups is 3. The molecule has 0 aliphatic carbocycles. The van der Waals surface area contributed by atoms with Gasteiger partial charge >= 0.3 is 5.97 Å². The zero-order valence-electron chi connectivity index (χ0n) is 15.2. The summed E-state index contributed by atoms with van der Waals surface area (Å²) in [6, 6.07) is 14.6. The molecule has 1 N–H and O–H groups in total. The second kappa shape index (κ2) is 8.49. The number of hydrogen-bond donors (Lipinski definition) is 1. The lowest BCUT2D eigenvalue weighted by Crippen LogP contribution is -2.41. The smallest absolute Gasteiger partial charge is 0.337 e. The molecule has 0 unspecified atom stereocenters. The number of benzene rings is 2. The number of amides is 2. The lowest BCUT2D eigenvalue weighted by atomic mass is 10.0. The topological polar surface area (TPSA) is 75.7 Å². The molecule has 1 heterocycles. The van der Waals surface area contributed by atoms with Crippen LogP contribution in [0.5, 0.6) is 0 Å². The fourth-order valence-electron chi connectivity index (χ4n) is 3.14. The molecule has 2 aromatic rings. The van der Waals surface area contributed by atoms with Crippen LogP contribution in [0.25, 0.3) is 0 Å². The minimum Gasteiger partial charge on any atom is -0.465 e. The molecule has 2 amide bonds. The maximum Gasteiger partial charge on any atom is 0.337 e. The fourth-order valence-corrected chi connectivity index (χ4v) is 3.14. The summed E-state index contributed by atoms with van der Waals surface area (Å²) in [6.45, 7) is 1.43. The van der Waals surface area contributed by atoms with Gasteiger partial charge in [0.2, 0.25) is 5.91 Å². The van der Waals surface area contributed by atoms with Crippen LogP contribution >= 0.6 is 0 Å². The van der Waals surface area contributed by atoms with Crippen molar-refractivity contribution in [2.24, 2.45) is 0 Å². The maximum atomic E-state index is 12.9. The maximum absolute atomic E-state index is 12.9. The summed E-state index contributed by atoms with van der Waals surface area (Å²) in [5, 5.41) is 2.84. The minimum absolute atomic E-state index is 0.0989. The van der Waals surface area contributed by atoms with Gasteiger partial charge in [-0.2, -0.15) is 0 Å². The summed E-state index contributed by atoms with van der Waals surface area (Å²) in [5.41, 5.74) is 1.48. The molecule has 1 saturated heterocycles. The van der Waals surface area contributed by atoms with E-state index in [2.05, 4.69) is 10.1 Å². The van der Waals surface area contributed by atoms with Gasteiger partial charge in [0.1, 0.15) is 6.04 Å². The van der Waals surface area contributed by atoms with Crippen LogP contribution in [0.3, 0.4) is 0 Å². The Morgan fingerprint density at radius 3 is 2.11 bits per heavy atom. The van der Waals surface area contributed by atoms with Gasteiger partial charge < -0.3 is 15.0 Å². The Labute approximate surface area is 158 Å². The average Bonchev–Trinajstić information content (AvgIpc) is 3.26. The quantitative estimate of drug-likeness (QED) is 0.825. The molecule has 0 aromatic heterocycles. The number of methoxy groups -OCH3 is 1. The molecule has 0 saturated carbocycles. The van der Waals surface area contributed by atoms with Gasteiger partial charge in [0, 0.05) is 18.7 Å². The van der Waals surface area contributed by atoms with Gasteiger partial charge in [-0.15, -0.1) is 0 Å². The van der Waals surface area contributed by atoms with Crippen molar-refractivity contribution in [3.05, 3.63) is 71.3 Å². The highest BCUT2D eigenvalue weighted by molar-refractivity contribution is 5.99. The van der Waals surface area contributed by atoms with Gasteiger partial charge in [0.15, 0.2) is 0 Å². The van der Waals surface area contributed by atoms with Crippen molar-refractivity contribution in [3.8, 4) is 0 Å². The SMILES string of the molecule is COC(=O)c1ccc(C(=O)N[C@@H](C(=O)N2CCCC2)c2ccccc2)cc1. The van der Waals surface area contributed by atoms with Crippen LogP contribution in [0.1, 0.15) is 45.2 Å². The van der Waals surface area contributed by atoms with E-state index >= 15 is 0 Å². The number of nitrogens with one attached hydrogen (secondary N) is 1. The highest BCUT2D eigenvalue weighted by Crippen LogP contribution is 2.20. The molecular formula is C21H22N2O4. The van der Waals surface area contributed by atoms with E-state index in [-0.39, 0.29) is 11.8 Å². The molecule has 3 rings (SSSR count). The summed E-state index contributed by atoms with van der Waals surface area (Å²) in [7, 11) is 1.30. The Kier molecular flexibility index (Phi) is 5.86. The van der Waals surface area contributed by atoms with Gasteiger partial charge in [0.25, 0.3) is 5.91 Å². The predicted molar refractivity (Wildman–Crippen MR) is 100 cm³/mol. The van der Waals surface area contributed by atoms with E-state index in [1.807, 2.05) is 30.3 Å². The van der Waals surface area contributed by atoms with Crippen LogP contribution < -0.4 is 5.32 Å². The Balaban J connectivity index is 1.80. The van der Waals surface area contributed by atoms with Crippen LogP contribution in [0, 0.1) is 0 Å². The van der Waals surface area contributed by atoms with Gasteiger partial charge in [0.05, 0.1) is 12.7 Å². The molecule has 1 aliphatic heterocycles. The summed E-state index contributed by atoms with van der Waals surface area (Å²) in [6.07, 6.45) is 1.96. The van der Waals surface area contributed by atoms with Gasteiger partial charge in [-0.3, -0.25) is 9.59 Å². The van der Waals surface area contributed by atoms with Crippen LogP contribution in [0.4, 0.5) is 0 Å². The van der Waals surface area contributed by atoms with Crippen molar-refractivity contribution in [1.82, 2.24) is 10.2 Å². The molecule has 2 aromatic carbocycles. The second-order valence-corrected chi connectivity index (χ2v) is 6.42. The summed E-state index contributed by atoms with van der Waals surface area (Å²) in [5.74, 6) is -0.931. The van der Waals surface area contributed by atoms with Crippen LogP contribution in [-0.4, -0.2) is 42.9 Å². The van der Waals surface area contributed by atoms with Crippen LogP contribution in [-0.2, 0) is 9.53 Å². The molecule has 6 nitrogen and oxygen atoms in total. The summed E-state index contributed by atoms with van der Waals surface area (Å²) < 4.78 is 4.66. The first-order valence-corrected chi connectivity index (χ1v) is 8.93. The predicted octanol–water partition coefficient (Wildman–Crippen LogP) is 2.57. The highest BCUT2D eigenvalue weighted by atomic mass is 16.5. The second-order valence-electron chi connectivity index (χ2n) is 6.42. The van der Waals surface area contributed by atoms with Crippen LogP contribution in [0.15, 0.2) is 54.6 Å². The van der Waals surface area contributed by atoms with Gasteiger partial charge in [-0.05, 0) is 42.7 Å². The largest absolute Gasteiger partial charge is 0.465 e. The third-order valence-corrected chi connectivity index (χ3v) is 4.64. The number of esters is 1. The molecule has 6 heteroatoms. The molecule has 1 atom stereocenters. The Hall–Kier alpha value is -3.15. The lowest BCUT2D eigenvalue weighted by Gasteiger charge is -2.24. The van der Waals surface area contributed by atoms with Gasteiger partial charge in [-0.1, -0.05) is 30.3 Å². The number of carbonyl (C=O) groups excluding carboxylic acids is 3. The van der Waals surface area contributed by atoms with Crippen molar-refractivity contribution in [3.63, 3.8) is 0 Å². The normalized spacial score (nSPS) is 14.5. The zero-order valence-corrected chi connectivity index (χ0v) is 15.2. The van der Waals surface area contributed by atoms with Gasteiger partial charge in [-0.25, -0.2) is 4.79 Å². The first kappa shape index (κ1) is 18.6. The molecule has 1 fully saturated rings. The molecule has 140 valence electrons. The number of likely N-dealkylation sites (tertiary alicyclic amines) is 1. The number of ether oxygens (including phenoxy) is 1. The first-order chi connectivity index (χ1) is 13.1.